The number of benzene rings is 2. The van der Waals surface area contributed by atoms with E-state index < -0.39 is 41.8 Å². The number of hydrogen-bond acceptors (Lipinski definition) is 3. The van der Waals surface area contributed by atoms with Crippen molar-refractivity contribution < 1.29 is 27.6 Å². The summed E-state index contributed by atoms with van der Waals surface area (Å²) in [6.07, 6.45) is -3.19. The van der Waals surface area contributed by atoms with Crippen molar-refractivity contribution in [3.63, 3.8) is 0 Å². The van der Waals surface area contributed by atoms with E-state index in [1.807, 2.05) is 0 Å². The summed E-state index contributed by atoms with van der Waals surface area (Å²) in [7, 11) is 0. The topological polar surface area (TPSA) is 57.7 Å². The van der Waals surface area contributed by atoms with E-state index in [-0.39, 0.29) is 12.1 Å². The third-order valence-corrected chi connectivity index (χ3v) is 5.96. The minimum atomic E-state index is -5.11. The van der Waals surface area contributed by atoms with E-state index in [0.29, 0.717) is 21.7 Å². The highest BCUT2D eigenvalue weighted by Crippen LogP contribution is 2.52. The van der Waals surface area contributed by atoms with Crippen LogP contribution in [0.3, 0.4) is 0 Å². The molecule has 0 N–H and O–H groups in total. The van der Waals surface area contributed by atoms with Gasteiger partial charge in [-0.1, -0.05) is 42.5 Å². The lowest BCUT2D eigenvalue weighted by molar-refractivity contribution is -0.171. The second-order valence-corrected chi connectivity index (χ2v) is 7.51. The fourth-order valence-electron chi connectivity index (χ4n) is 4.77. The van der Waals surface area contributed by atoms with Crippen LogP contribution < -0.4 is 9.80 Å². The van der Waals surface area contributed by atoms with Crippen molar-refractivity contribution in [2.24, 2.45) is 11.8 Å². The van der Waals surface area contributed by atoms with Crippen LogP contribution in [0.2, 0.25) is 0 Å². The Labute approximate surface area is 169 Å². The number of allylic oxidation sites excluding steroid dienone is 1. The SMILES string of the molecule is O=C1[C@H]2CC=C3c4ccccc4N(C(=O)C(F)(F)F)C3[C@H]2C(=O)N1c1ccccc1. The number of hydrogen-bond donors (Lipinski definition) is 0. The average Bonchev–Trinajstić information content (AvgIpc) is 3.19. The van der Waals surface area contributed by atoms with Gasteiger partial charge in [-0.3, -0.25) is 19.3 Å². The molecule has 3 atom stereocenters. The van der Waals surface area contributed by atoms with Gasteiger partial charge in [0.2, 0.25) is 11.8 Å². The molecule has 1 fully saturated rings. The monoisotopic (exact) mass is 412 g/mol. The first-order valence-corrected chi connectivity index (χ1v) is 9.43. The number of imide groups is 1. The highest BCUT2D eigenvalue weighted by atomic mass is 19.4. The molecule has 1 unspecified atom stereocenters. The van der Waals surface area contributed by atoms with Gasteiger partial charge in [-0.2, -0.15) is 13.2 Å². The van der Waals surface area contributed by atoms with E-state index in [1.54, 1.807) is 54.6 Å². The van der Waals surface area contributed by atoms with Crippen molar-refractivity contribution in [2.75, 3.05) is 9.80 Å². The molecular formula is C22H15F3N2O3. The van der Waals surface area contributed by atoms with Crippen molar-refractivity contribution in [1.82, 2.24) is 0 Å². The Kier molecular flexibility index (Phi) is 3.90. The van der Waals surface area contributed by atoms with Gasteiger partial charge in [0.15, 0.2) is 0 Å². The summed E-state index contributed by atoms with van der Waals surface area (Å²) >= 11 is 0. The second-order valence-electron chi connectivity index (χ2n) is 7.51. The third-order valence-electron chi connectivity index (χ3n) is 5.96. The zero-order chi connectivity index (χ0) is 21.2. The van der Waals surface area contributed by atoms with Crippen LogP contribution in [0, 0.1) is 11.8 Å². The molecule has 3 aliphatic rings. The molecule has 2 heterocycles. The lowest BCUT2D eigenvalue weighted by Gasteiger charge is -2.34. The van der Waals surface area contributed by atoms with Crippen LogP contribution in [0.4, 0.5) is 24.5 Å². The van der Waals surface area contributed by atoms with Crippen LogP contribution in [0.5, 0.6) is 0 Å². The van der Waals surface area contributed by atoms with E-state index in [9.17, 15) is 27.6 Å². The van der Waals surface area contributed by atoms with Crippen LogP contribution in [0.25, 0.3) is 5.57 Å². The zero-order valence-electron chi connectivity index (χ0n) is 15.5. The van der Waals surface area contributed by atoms with Gasteiger partial charge in [0.25, 0.3) is 0 Å². The number of carbonyl (C=O) groups is 3. The third kappa shape index (κ3) is 2.46. The summed E-state index contributed by atoms with van der Waals surface area (Å²) in [6.45, 7) is 0. The van der Waals surface area contributed by atoms with Gasteiger partial charge >= 0.3 is 12.1 Å². The smallest absolute Gasteiger partial charge is 0.296 e. The Bertz CT molecular complexity index is 1110. The van der Waals surface area contributed by atoms with E-state index in [2.05, 4.69) is 0 Å². The normalized spacial score (nSPS) is 25.0. The summed E-state index contributed by atoms with van der Waals surface area (Å²) in [4.78, 5) is 40.4. The molecule has 1 aliphatic carbocycles. The molecule has 0 radical (unpaired) electrons. The fourth-order valence-corrected chi connectivity index (χ4v) is 4.77. The van der Waals surface area contributed by atoms with Crippen molar-refractivity contribution in [3.8, 4) is 0 Å². The van der Waals surface area contributed by atoms with Gasteiger partial charge in [-0.25, -0.2) is 4.90 Å². The number of nitrogens with zero attached hydrogens (tertiary/aromatic N) is 2. The molecule has 30 heavy (non-hydrogen) atoms. The Morgan fingerprint density at radius 3 is 2.30 bits per heavy atom. The number of alkyl halides is 3. The lowest BCUT2D eigenvalue weighted by Crippen LogP contribution is -2.51. The summed E-state index contributed by atoms with van der Waals surface area (Å²) < 4.78 is 40.3. The zero-order valence-corrected chi connectivity index (χ0v) is 15.5. The minimum absolute atomic E-state index is 0.107. The largest absolute Gasteiger partial charge is 0.471 e. The highest BCUT2D eigenvalue weighted by molar-refractivity contribution is 6.24. The van der Waals surface area contributed by atoms with Crippen molar-refractivity contribution >= 4 is 34.7 Å². The molecular weight excluding hydrogens is 397 g/mol. The van der Waals surface area contributed by atoms with E-state index >= 15 is 0 Å². The number of fused-ring (bicyclic) bond motifs is 5. The number of carbonyl (C=O) groups excluding carboxylic acids is 3. The molecule has 3 amide bonds. The molecule has 5 rings (SSSR count). The van der Waals surface area contributed by atoms with Crippen LogP contribution in [0.1, 0.15) is 12.0 Å². The van der Waals surface area contributed by atoms with E-state index in [4.69, 9.17) is 0 Å². The predicted octanol–water partition coefficient (Wildman–Crippen LogP) is 3.56. The van der Waals surface area contributed by atoms with Gasteiger partial charge in [0.1, 0.15) is 0 Å². The molecule has 2 aromatic rings. The van der Waals surface area contributed by atoms with Gasteiger partial charge in [0.05, 0.1) is 29.3 Å². The summed E-state index contributed by atoms with van der Waals surface area (Å²) in [5, 5.41) is 0. The maximum atomic E-state index is 13.4. The standard InChI is InChI=1S/C22H15F3N2O3/c23-22(24,25)21(30)27-16-9-5-4-8-13(16)14-10-11-15-17(18(14)27)20(29)26(19(15)28)12-6-2-1-3-7-12/h1-10,15,17-18H,11H2/t15-,17-,18?/m0/s1. The van der Waals surface area contributed by atoms with Gasteiger partial charge in [0, 0.05) is 5.56 Å². The Morgan fingerprint density at radius 1 is 0.933 bits per heavy atom. The summed E-state index contributed by atoms with van der Waals surface area (Å²) in [6, 6.07) is 13.4. The number of anilines is 2. The first-order chi connectivity index (χ1) is 14.3. The minimum Gasteiger partial charge on any atom is -0.296 e. The highest BCUT2D eigenvalue weighted by Gasteiger charge is 2.60. The number of para-hydroxylation sites is 2. The fraction of sp³-hybridized carbons (Fsp3) is 0.227. The van der Waals surface area contributed by atoms with Gasteiger partial charge in [-0.05, 0) is 30.2 Å². The van der Waals surface area contributed by atoms with Crippen molar-refractivity contribution in [3.05, 3.63) is 66.2 Å². The van der Waals surface area contributed by atoms with E-state index in [0.717, 1.165) is 4.90 Å². The molecule has 0 spiro atoms. The van der Waals surface area contributed by atoms with Gasteiger partial charge in [-0.15, -0.1) is 0 Å². The van der Waals surface area contributed by atoms with Crippen LogP contribution in [-0.2, 0) is 14.4 Å². The molecule has 8 heteroatoms. The maximum Gasteiger partial charge on any atom is 0.471 e. The first kappa shape index (κ1) is 18.6. The van der Waals surface area contributed by atoms with Crippen LogP contribution in [0.15, 0.2) is 60.7 Å². The lowest BCUT2D eigenvalue weighted by atomic mass is 9.76. The molecule has 2 aromatic carbocycles. The number of amides is 3. The quantitative estimate of drug-likeness (QED) is 0.673. The van der Waals surface area contributed by atoms with Crippen LogP contribution in [-0.4, -0.2) is 29.9 Å². The molecule has 0 bridgehead atoms. The Morgan fingerprint density at radius 2 is 1.60 bits per heavy atom. The Hall–Kier alpha value is -3.42. The summed E-state index contributed by atoms with van der Waals surface area (Å²) in [5.74, 6) is -4.97. The van der Waals surface area contributed by atoms with Crippen molar-refractivity contribution in [2.45, 2.75) is 18.6 Å². The molecule has 0 aromatic heterocycles. The molecule has 1 saturated heterocycles. The molecule has 0 saturated carbocycles. The second kappa shape index (κ2) is 6.29. The first-order valence-electron chi connectivity index (χ1n) is 9.43. The van der Waals surface area contributed by atoms with Crippen LogP contribution >= 0.6 is 0 Å². The molecule has 5 nitrogen and oxygen atoms in total. The molecule has 152 valence electrons. The van der Waals surface area contributed by atoms with E-state index in [1.165, 1.54) is 6.07 Å². The Balaban J connectivity index is 1.64. The predicted molar refractivity (Wildman–Crippen MR) is 102 cm³/mol. The number of rotatable bonds is 1. The summed E-state index contributed by atoms with van der Waals surface area (Å²) in [5.41, 5.74) is 1.44. The maximum absolute atomic E-state index is 13.4. The van der Waals surface area contributed by atoms with Crippen molar-refractivity contribution in [1.29, 1.82) is 0 Å². The number of halogens is 3. The van der Waals surface area contributed by atoms with Gasteiger partial charge < -0.3 is 0 Å². The molecule has 2 aliphatic heterocycles. The average molecular weight is 412 g/mol.